The first-order valence-corrected chi connectivity index (χ1v) is 10.7. The number of sulfonamides is 1. The number of anilines is 2. The number of carbonyl (C=O) groups excluding carboxylic acids is 1. The highest BCUT2D eigenvalue weighted by Crippen LogP contribution is 2.26. The van der Waals surface area contributed by atoms with E-state index >= 15 is 0 Å². The van der Waals surface area contributed by atoms with E-state index in [4.69, 9.17) is 27.9 Å². The lowest BCUT2D eigenvalue weighted by Gasteiger charge is -2.12. The Kier molecular flexibility index (Phi) is 6.81. The molecule has 3 rings (SSSR count). The average Bonchev–Trinajstić information content (AvgIpc) is 2.69. The molecule has 0 saturated carbocycles. The van der Waals surface area contributed by atoms with E-state index in [1.165, 1.54) is 36.4 Å². The van der Waals surface area contributed by atoms with E-state index in [-0.39, 0.29) is 32.1 Å². The Hall–Kier alpha value is -2.81. The maximum absolute atomic E-state index is 13.0. The third kappa shape index (κ3) is 5.63. The Morgan fingerprint density at radius 3 is 2.47 bits per heavy atom. The van der Waals surface area contributed by atoms with Crippen LogP contribution in [-0.4, -0.2) is 20.9 Å². The van der Waals surface area contributed by atoms with Crippen LogP contribution in [0.2, 0.25) is 10.0 Å². The van der Waals surface area contributed by atoms with Crippen LogP contribution >= 0.6 is 23.2 Å². The van der Waals surface area contributed by atoms with Crippen molar-refractivity contribution >= 4 is 50.5 Å². The quantitative estimate of drug-likeness (QED) is 0.513. The van der Waals surface area contributed by atoms with Crippen LogP contribution in [0.4, 0.5) is 15.8 Å². The molecule has 3 aromatic rings. The minimum atomic E-state index is -3.93. The van der Waals surface area contributed by atoms with Gasteiger partial charge in [0.15, 0.2) is 6.61 Å². The summed E-state index contributed by atoms with van der Waals surface area (Å²) in [6, 6.07) is 15.6. The number of nitrogens with one attached hydrogen (secondary N) is 2. The maximum Gasteiger partial charge on any atom is 0.262 e. The Morgan fingerprint density at radius 2 is 1.73 bits per heavy atom. The lowest BCUT2D eigenvalue weighted by molar-refractivity contribution is -0.118. The predicted octanol–water partition coefficient (Wildman–Crippen LogP) is 4.95. The van der Waals surface area contributed by atoms with E-state index in [0.29, 0.717) is 0 Å². The van der Waals surface area contributed by atoms with Gasteiger partial charge in [0.25, 0.3) is 15.9 Å². The van der Waals surface area contributed by atoms with Crippen molar-refractivity contribution < 1.29 is 22.3 Å². The number of amides is 1. The number of halogens is 3. The first-order chi connectivity index (χ1) is 14.2. The van der Waals surface area contributed by atoms with E-state index in [1.54, 1.807) is 18.2 Å². The molecule has 3 aromatic carbocycles. The van der Waals surface area contributed by atoms with Crippen molar-refractivity contribution in [2.45, 2.75) is 4.90 Å². The number of para-hydroxylation sites is 1. The van der Waals surface area contributed by atoms with Crippen LogP contribution in [0.3, 0.4) is 0 Å². The van der Waals surface area contributed by atoms with Gasteiger partial charge in [0.05, 0.1) is 20.6 Å². The summed E-state index contributed by atoms with van der Waals surface area (Å²) in [6.07, 6.45) is 0. The lowest BCUT2D eigenvalue weighted by atomic mass is 10.3. The third-order valence-corrected chi connectivity index (χ3v) is 5.79. The summed E-state index contributed by atoms with van der Waals surface area (Å²) < 4.78 is 45.9. The fourth-order valence-electron chi connectivity index (χ4n) is 2.42. The van der Waals surface area contributed by atoms with Crippen LogP contribution in [-0.2, 0) is 14.8 Å². The summed E-state index contributed by atoms with van der Waals surface area (Å²) in [6.45, 7) is -0.403. The zero-order chi connectivity index (χ0) is 21.7. The second kappa shape index (κ2) is 9.34. The first kappa shape index (κ1) is 21.9. The number of hydrogen-bond acceptors (Lipinski definition) is 4. The van der Waals surface area contributed by atoms with E-state index in [9.17, 15) is 17.6 Å². The van der Waals surface area contributed by atoms with Gasteiger partial charge in [0.2, 0.25) is 0 Å². The largest absolute Gasteiger partial charge is 0.482 e. The molecule has 0 aliphatic heterocycles. The van der Waals surface area contributed by atoms with Crippen molar-refractivity contribution in [1.82, 2.24) is 0 Å². The third-order valence-electron chi connectivity index (χ3n) is 3.80. The number of benzene rings is 3. The van der Waals surface area contributed by atoms with Crippen molar-refractivity contribution in [3.63, 3.8) is 0 Å². The van der Waals surface area contributed by atoms with Gasteiger partial charge >= 0.3 is 0 Å². The molecule has 0 fully saturated rings. The minimum absolute atomic E-state index is 0.0292. The molecule has 0 aliphatic carbocycles. The van der Waals surface area contributed by atoms with Crippen LogP contribution in [0.15, 0.2) is 71.6 Å². The molecule has 0 spiro atoms. The summed E-state index contributed by atoms with van der Waals surface area (Å²) >= 11 is 11.8. The molecule has 2 N–H and O–H groups in total. The fraction of sp³-hybridized carbons (Fsp3) is 0.0500. The molecule has 30 heavy (non-hydrogen) atoms. The number of hydrogen-bond donors (Lipinski definition) is 2. The van der Waals surface area contributed by atoms with E-state index in [2.05, 4.69) is 10.0 Å². The van der Waals surface area contributed by atoms with Crippen molar-refractivity contribution in [3.8, 4) is 5.75 Å². The van der Waals surface area contributed by atoms with Gasteiger partial charge in [-0.2, -0.15) is 0 Å². The molecule has 0 bridgehead atoms. The number of carbonyl (C=O) groups is 1. The van der Waals surface area contributed by atoms with Crippen molar-refractivity contribution in [2.24, 2.45) is 0 Å². The summed E-state index contributed by atoms with van der Waals surface area (Å²) in [7, 11) is -3.93. The van der Waals surface area contributed by atoms with Gasteiger partial charge in [-0.05, 0) is 48.5 Å². The molecule has 0 atom stereocenters. The van der Waals surface area contributed by atoms with Gasteiger partial charge in [0.1, 0.15) is 11.6 Å². The molecule has 0 radical (unpaired) electrons. The highest BCUT2D eigenvalue weighted by atomic mass is 35.5. The second-order valence-electron chi connectivity index (χ2n) is 6.02. The van der Waals surface area contributed by atoms with E-state index in [1.807, 2.05) is 0 Å². The Morgan fingerprint density at radius 1 is 0.967 bits per heavy atom. The molecule has 1 amide bonds. The van der Waals surface area contributed by atoms with Crippen molar-refractivity contribution in [1.29, 1.82) is 0 Å². The summed E-state index contributed by atoms with van der Waals surface area (Å²) in [4.78, 5) is 12.1. The molecular weight excluding hydrogens is 454 g/mol. The van der Waals surface area contributed by atoms with E-state index in [0.717, 1.165) is 12.1 Å². The van der Waals surface area contributed by atoms with Crippen LogP contribution in [0, 0.1) is 5.82 Å². The molecule has 0 aromatic heterocycles. The Balaban J connectivity index is 1.67. The van der Waals surface area contributed by atoms with Gasteiger partial charge in [-0.1, -0.05) is 41.4 Å². The van der Waals surface area contributed by atoms with Gasteiger partial charge in [-0.25, -0.2) is 12.8 Å². The van der Waals surface area contributed by atoms with Gasteiger partial charge < -0.3 is 10.1 Å². The molecule has 0 heterocycles. The smallest absolute Gasteiger partial charge is 0.262 e. The topological polar surface area (TPSA) is 84.5 Å². The minimum Gasteiger partial charge on any atom is -0.482 e. The first-order valence-electron chi connectivity index (χ1n) is 8.50. The SMILES string of the molecule is O=C(COc1ccc(F)cc1Cl)Nc1cccc(S(=O)(=O)Nc2ccccc2Cl)c1. The summed E-state index contributed by atoms with van der Waals surface area (Å²) in [5, 5.41) is 2.81. The standard InChI is InChI=1S/C20H15Cl2FN2O4S/c21-16-6-1-2-7-18(16)25-30(27,28)15-5-3-4-14(11-15)24-20(26)12-29-19-9-8-13(23)10-17(19)22/h1-11,25H,12H2,(H,24,26). The van der Waals surface area contributed by atoms with Crippen LogP contribution < -0.4 is 14.8 Å². The lowest BCUT2D eigenvalue weighted by Crippen LogP contribution is -2.20. The number of rotatable bonds is 7. The molecule has 0 unspecified atom stereocenters. The Bertz CT molecular complexity index is 1190. The van der Waals surface area contributed by atoms with E-state index < -0.39 is 28.4 Å². The molecule has 0 saturated heterocycles. The summed E-state index contributed by atoms with van der Waals surface area (Å²) in [5.41, 5.74) is 0.481. The zero-order valence-corrected chi connectivity index (χ0v) is 17.6. The molecular formula is C20H15Cl2FN2O4S. The average molecular weight is 469 g/mol. The zero-order valence-electron chi connectivity index (χ0n) is 15.2. The molecule has 10 heteroatoms. The van der Waals surface area contributed by atoms with Gasteiger partial charge in [-0.3, -0.25) is 9.52 Å². The number of ether oxygens (including phenoxy) is 1. The highest BCUT2D eigenvalue weighted by molar-refractivity contribution is 7.92. The Labute approximate surface area is 182 Å². The molecule has 0 aliphatic rings. The molecule has 6 nitrogen and oxygen atoms in total. The van der Waals surface area contributed by atoms with Crippen molar-refractivity contribution in [3.05, 3.63) is 82.6 Å². The van der Waals surface area contributed by atoms with Gasteiger partial charge in [-0.15, -0.1) is 0 Å². The second-order valence-corrected chi connectivity index (χ2v) is 8.52. The maximum atomic E-state index is 13.0. The monoisotopic (exact) mass is 468 g/mol. The van der Waals surface area contributed by atoms with Crippen molar-refractivity contribution in [2.75, 3.05) is 16.6 Å². The van der Waals surface area contributed by atoms with Crippen LogP contribution in [0.1, 0.15) is 0 Å². The fourth-order valence-corrected chi connectivity index (χ4v) is 4.01. The summed E-state index contributed by atoms with van der Waals surface area (Å²) in [5.74, 6) is -0.933. The normalized spacial score (nSPS) is 11.0. The predicted molar refractivity (Wildman–Crippen MR) is 114 cm³/mol. The molecule has 156 valence electrons. The van der Waals surface area contributed by atoms with Crippen LogP contribution in [0.5, 0.6) is 5.75 Å². The highest BCUT2D eigenvalue weighted by Gasteiger charge is 2.17. The van der Waals surface area contributed by atoms with Gasteiger partial charge in [0, 0.05) is 5.69 Å². The van der Waals surface area contributed by atoms with Crippen LogP contribution in [0.25, 0.3) is 0 Å².